The van der Waals surface area contributed by atoms with Gasteiger partial charge in [-0.3, -0.25) is 0 Å². The number of hydrogen-bond donors (Lipinski definition) is 2. The molecule has 0 aliphatic rings. The predicted molar refractivity (Wildman–Crippen MR) is 82.8 cm³/mol. The number of carbonyl (C=O) groups excluding carboxylic acids is 1. The first-order valence-corrected chi connectivity index (χ1v) is 6.79. The van der Waals surface area contributed by atoms with Crippen LogP contribution in [0.3, 0.4) is 0 Å². The highest BCUT2D eigenvalue weighted by molar-refractivity contribution is 5.89. The number of amides is 2. The van der Waals surface area contributed by atoms with Gasteiger partial charge in [0.25, 0.3) is 0 Å². The van der Waals surface area contributed by atoms with E-state index in [0.29, 0.717) is 0 Å². The van der Waals surface area contributed by atoms with Crippen LogP contribution in [0.2, 0.25) is 0 Å². The van der Waals surface area contributed by atoms with Crippen molar-refractivity contribution in [2.75, 3.05) is 5.32 Å². The number of anilines is 1. The SMILES string of the molecule is Cc1ccc(NC(=O)NC(C)(C)c2ccc(F)cc2)cc1. The molecule has 0 unspecified atom stereocenters. The molecule has 0 bridgehead atoms. The van der Waals surface area contributed by atoms with Crippen LogP contribution in [0.1, 0.15) is 25.0 Å². The van der Waals surface area contributed by atoms with Gasteiger partial charge in [-0.25, -0.2) is 9.18 Å². The molecule has 0 heterocycles. The molecule has 0 atom stereocenters. The Hall–Kier alpha value is -2.36. The number of carbonyl (C=O) groups is 1. The zero-order valence-corrected chi connectivity index (χ0v) is 12.4. The molecule has 0 saturated carbocycles. The quantitative estimate of drug-likeness (QED) is 0.872. The second-order valence-corrected chi connectivity index (χ2v) is 5.58. The van der Waals surface area contributed by atoms with E-state index >= 15 is 0 Å². The van der Waals surface area contributed by atoms with Gasteiger partial charge in [0.05, 0.1) is 5.54 Å². The van der Waals surface area contributed by atoms with E-state index in [2.05, 4.69) is 10.6 Å². The van der Waals surface area contributed by atoms with Crippen molar-refractivity contribution in [3.05, 3.63) is 65.5 Å². The van der Waals surface area contributed by atoms with Crippen LogP contribution in [0.25, 0.3) is 0 Å². The fraction of sp³-hybridized carbons (Fsp3) is 0.235. The van der Waals surface area contributed by atoms with Crippen LogP contribution in [0.15, 0.2) is 48.5 Å². The Morgan fingerprint density at radius 2 is 1.57 bits per heavy atom. The summed E-state index contributed by atoms with van der Waals surface area (Å²) >= 11 is 0. The normalized spacial score (nSPS) is 11.0. The Kier molecular flexibility index (Phi) is 4.26. The van der Waals surface area contributed by atoms with Crippen molar-refractivity contribution < 1.29 is 9.18 Å². The van der Waals surface area contributed by atoms with E-state index in [-0.39, 0.29) is 11.8 Å². The van der Waals surface area contributed by atoms with Crippen molar-refractivity contribution in [1.29, 1.82) is 0 Å². The second kappa shape index (κ2) is 5.95. The van der Waals surface area contributed by atoms with Gasteiger partial charge in [-0.2, -0.15) is 0 Å². The maximum absolute atomic E-state index is 13.0. The van der Waals surface area contributed by atoms with Crippen molar-refractivity contribution in [2.24, 2.45) is 0 Å². The summed E-state index contributed by atoms with van der Waals surface area (Å²) in [5, 5.41) is 5.66. The molecule has 110 valence electrons. The first kappa shape index (κ1) is 15.0. The molecule has 4 heteroatoms. The van der Waals surface area contributed by atoms with Crippen LogP contribution in [-0.2, 0) is 5.54 Å². The molecule has 21 heavy (non-hydrogen) atoms. The summed E-state index contributed by atoms with van der Waals surface area (Å²) in [5.41, 5.74) is 2.10. The van der Waals surface area contributed by atoms with Gasteiger partial charge in [0.1, 0.15) is 5.82 Å². The summed E-state index contributed by atoms with van der Waals surface area (Å²) in [7, 11) is 0. The van der Waals surface area contributed by atoms with E-state index < -0.39 is 5.54 Å². The monoisotopic (exact) mass is 286 g/mol. The third-order valence-electron chi connectivity index (χ3n) is 3.30. The smallest absolute Gasteiger partial charge is 0.319 e. The van der Waals surface area contributed by atoms with Crippen LogP contribution in [-0.4, -0.2) is 6.03 Å². The van der Waals surface area contributed by atoms with Crippen LogP contribution in [0, 0.1) is 12.7 Å². The van der Waals surface area contributed by atoms with Gasteiger partial charge in [0.15, 0.2) is 0 Å². The molecule has 0 spiro atoms. The van der Waals surface area contributed by atoms with Gasteiger partial charge in [0.2, 0.25) is 0 Å². The topological polar surface area (TPSA) is 41.1 Å². The average molecular weight is 286 g/mol. The van der Waals surface area contributed by atoms with Gasteiger partial charge in [0, 0.05) is 5.69 Å². The highest BCUT2D eigenvalue weighted by Crippen LogP contribution is 2.20. The van der Waals surface area contributed by atoms with E-state index in [0.717, 1.165) is 16.8 Å². The molecule has 0 aliphatic carbocycles. The summed E-state index contributed by atoms with van der Waals surface area (Å²) in [5.74, 6) is -0.293. The minimum Gasteiger partial charge on any atom is -0.329 e. The third kappa shape index (κ3) is 4.05. The summed E-state index contributed by atoms with van der Waals surface area (Å²) in [6.07, 6.45) is 0. The number of aryl methyl sites for hydroxylation is 1. The summed E-state index contributed by atoms with van der Waals surface area (Å²) in [6.45, 7) is 5.73. The lowest BCUT2D eigenvalue weighted by Gasteiger charge is -2.27. The predicted octanol–water partition coefficient (Wildman–Crippen LogP) is 4.19. The maximum Gasteiger partial charge on any atom is 0.319 e. The molecule has 3 nitrogen and oxygen atoms in total. The van der Waals surface area contributed by atoms with E-state index in [1.807, 2.05) is 45.0 Å². The lowest BCUT2D eigenvalue weighted by atomic mass is 9.94. The fourth-order valence-corrected chi connectivity index (χ4v) is 2.02. The van der Waals surface area contributed by atoms with Gasteiger partial charge in [-0.15, -0.1) is 0 Å². The van der Waals surface area contributed by atoms with Crippen LogP contribution >= 0.6 is 0 Å². The largest absolute Gasteiger partial charge is 0.329 e. The number of halogens is 1. The van der Waals surface area contributed by atoms with E-state index in [4.69, 9.17) is 0 Å². The number of hydrogen-bond acceptors (Lipinski definition) is 1. The first-order chi connectivity index (χ1) is 9.87. The number of urea groups is 1. The Labute approximate surface area is 124 Å². The van der Waals surface area contributed by atoms with Crippen LogP contribution < -0.4 is 10.6 Å². The van der Waals surface area contributed by atoms with Gasteiger partial charge >= 0.3 is 6.03 Å². The van der Waals surface area contributed by atoms with Crippen molar-refractivity contribution in [3.8, 4) is 0 Å². The molecule has 0 fully saturated rings. The van der Waals surface area contributed by atoms with E-state index in [1.54, 1.807) is 12.1 Å². The molecule has 0 aliphatic heterocycles. The molecule has 2 aromatic carbocycles. The van der Waals surface area contributed by atoms with Gasteiger partial charge in [-0.1, -0.05) is 29.8 Å². The van der Waals surface area contributed by atoms with Crippen molar-refractivity contribution in [1.82, 2.24) is 5.32 Å². The van der Waals surface area contributed by atoms with Crippen molar-refractivity contribution in [3.63, 3.8) is 0 Å². The van der Waals surface area contributed by atoms with Gasteiger partial charge in [-0.05, 0) is 50.6 Å². The number of benzene rings is 2. The van der Waals surface area contributed by atoms with Crippen molar-refractivity contribution in [2.45, 2.75) is 26.3 Å². The summed E-state index contributed by atoms with van der Waals surface area (Å²) in [6, 6.07) is 13.4. The second-order valence-electron chi connectivity index (χ2n) is 5.58. The first-order valence-electron chi connectivity index (χ1n) is 6.79. The lowest BCUT2D eigenvalue weighted by molar-refractivity contribution is 0.242. The molecule has 2 aromatic rings. The zero-order chi connectivity index (χ0) is 15.5. The highest BCUT2D eigenvalue weighted by atomic mass is 19.1. The Bertz CT molecular complexity index is 618. The molecule has 2 N–H and O–H groups in total. The molecular weight excluding hydrogens is 267 g/mol. The standard InChI is InChI=1S/C17H19FN2O/c1-12-4-10-15(11-5-12)19-16(21)20-17(2,3)13-6-8-14(18)9-7-13/h4-11H,1-3H3,(H2,19,20,21). The Balaban J connectivity index is 2.03. The van der Waals surface area contributed by atoms with Crippen LogP contribution in [0.5, 0.6) is 0 Å². The van der Waals surface area contributed by atoms with Crippen molar-refractivity contribution >= 4 is 11.7 Å². The zero-order valence-electron chi connectivity index (χ0n) is 12.4. The maximum atomic E-state index is 13.0. The van der Waals surface area contributed by atoms with E-state index in [9.17, 15) is 9.18 Å². The molecule has 2 rings (SSSR count). The number of rotatable bonds is 3. The molecule has 0 aromatic heterocycles. The third-order valence-corrected chi connectivity index (χ3v) is 3.30. The average Bonchev–Trinajstić information content (AvgIpc) is 2.41. The minimum absolute atomic E-state index is 0.293. The fourth-order valence-electron chi connectivity index (χ4n) is 2.02. The van der Waals surface area contributed by atoms with Gasteiger partial charge < -0.3 is 10.6 Å². The highest BCUT2D eigenvalue weighted by Gasteiger charge is 2.22. The number of nitrogens with one attached hydrogen (secondary N) is 2. The summed E-state index contributed by atoms with van der Waals surface area (Å²) < 4.78 is 13.0. The summed E-state index contributed by atoms with van der Waals surface area (Å²) in [4.78, 5) is 12.1. The Morgan fingerprint density at radius 1 is 1.00 bits per heavy atom. The minimum atomic E-state index is -0.595. The molecule has 0 saturated heterocycles. The Morgan fingerprint density at radius 3 is 2.14 bits per heavy atom. The molecular formula is C17H19FN2O. The van der Waals surface area contributed by atoms with Crippen LogP contribution in [0.4, 0.5) is 14.9 Å². The lowest BCUT2D eigenvalue weighted by Crippen LogP contribution is -2.43. The molecule has 0 radical (unpaired) electrons. The van der Waals surface area contributed by atoms with E-state index in [1.165, 1.54) is 12.1 Å². The molecule has 2 amide bonds.